The smallest absolute Gasteiger partial charge is 0.139 e. The number of rotatable bonds is 4. The topological polar surface area (TPSA) is 34.9 Å². The molecule has 2 rings (SSSR count). The van der Waals surface area contributed by atoms with Crippen molar-refractivity contribution in [1.82, 2.24) is 9.78 Å². The number of aryl methyl sites for hydroxylation is 2. The fraction of sp³-hybridized carbons (Fsp3) is 0.667. The summed E-state index contributed by atoms with van der Waals surface area (Å²) >= 11 is 3.49. The van der Waals surface area contributed by atoms with E-state index in [1.807, 2.05) is 14.0 Å². The Morgan fingerprint density at radius 1 is 1.56 bits per heavy atom. The van der Waals surface area contributed by atoms with E-state index in [1.165, 1.54) is 19.3 Å². The predicted octanol–water partition coefficient (Wildman–Crippen LogP) is 2.79. The maximum Gasteiger partial charge on any atom is 0.139 e. The lowest BCUT2D eigenvalue weighted by Gasteiger charge is -2.24. The molecule has 0 amide bonds. The largest absolute Gasteiger partial charge is 0.299 e. The first-order valence-corrected chi connectivity index (χ1v) is 6.57. The second kappa shape index (κ2) is 4.70. The monoisotopic (exact) mass is 284 g/mol. The molecule has 1 fully saturated rings. The van der Waals surface area contributed by atoms with Crippen LogP contribution in [0.15, 0.2) is 4.47 Å². The van der Waals surface area contributed by atoms with Crippen LogP contribution in [0.1, 0.15) is 37.1 Å². The summed E-state index contributed by atoms with van der Waals surface area (Å²) in [7, 11) is 1.89. The first-order chi connectivity index (χ1) is 7.58. The molecule has 1 aliphatic rings. The van der Waals surface area contributed by atoms with Gasteiger partial charge in [0.15, 0.2) is 0 Å². The molecule has 0 aromatic carbocycles. The molecule has 0 radical (unpaired) electrons. The van der Waals surface area contributed by atoms with Gasteiger partial charge in [0, 0.05) is 19.9 Å². The van der Waals surface area contributed by atoms with Gasteiger partial charge >= 0.3 is 0 Å². The molecule has 3 nitrogen and oxygen atoms in total. The van der Waals surface area contributed by atoms with Crippen LogP contribution >= 0.6 is 15.9 Å². The van der Waals surface area contributed by atoms with Gasteiger partial charge < -0.3 is 0 Å². The van der Waals surface area contributed by atoms with Gasteiger partial charge in [0.2, 0.25) is 0 Å². The molecule has 4 heteroatoms. The van der Waals surface area contributed by atoms with Crippen molar-refractivity contribution in [2.24, 2.45) is 13.0 Å². The molecule has 0 atom stereocenters. The summed E-state index contributed by atoms with van der Waals surface area (Å²) < 4.78 is 2.79. The quantitative estimate of drug-likeness (QED) is 0.852. The van der Waals surface area contributed by atoms with Crippen LogP contribution in [0.2, 0.25) is 0 Å². The number of hydrogen-bond acceptors (Lipinski definition) is 2. The summed E-state index contributed by atoms with van der Waals surface area (Å²) in [6.07, 6.45) is 5.02. The Kier molecular flexibility index (Phi) is 3.47. The molecule has 0 spiro atoms. The molecule has 16 heavy (non-hydrogen) atoms. The van der Waals surface area contributed by atoms with Crippen LogP contribution in [0.25, 0.3) is 0 Å². The van der Waals surface area contributed by atoms with Crippen LogP contribution in [0.4, 0.5) is 0 Å². The number of carbonyl (C=O) groups is 1. The highest BCUT2D eigenvalue weighted by atomic mass is 79.9. The summed E-state index contributed by atoms with van der Waals surface area (Å²) in [6, 6.07) is 0. The van der Waals surface area contributed by atoms with E-state index in [9.17, 15) is 4.79 Å². The molecule has 0 aliphatic heterocycles. The summed E-state index contributed by atoms with van der Waals surface area (Å²) in [5.41, 5.74) is 1.95. The zero-order valence-corrected chi connectivity index (χ0v) is 11.4. The number of aromatic nitrogens is 2. The van der Waals surface area contributed by atoms with Gasteiger partial charge in [-0.25, -0.2) is 0 Å². The number of hydrogen-bond donors (Lipinski definition) is 0. The normalized spacial score (nSPS) is 16.2. The lowest BCUT2D eigenvalue weighted by atomic mass is 9.81. The third-order valence-corrected chi connectivity index (χ3v) is 4.40. The van der Waals surface area contributed by atoms with Crippen LogP contribution in [-0.2, 0) is 18.3 Å². The van der Waals surface area contributed by atoms with Crippen molar-refractivity contribution >= 4 is 21.7 Å². The minimum Gasteiger partial charge on any atom is -0.299 e. The van der Waals surface area contributed by atoms with Gasteiger partial charge in [-0.05, 0) is 28.8 Å². The first-order valence-electron chi connectivity index (χ1n) is 5.77. The molecule has 0 saturated heterocycles. The van der Waals surface area contributed by atoms with Crippen molar-refractivity contribution in [2.75, 3.05) is 0 Å². The number of nitrogens with zero attached hydrogens (tertiary/aromatic N) is 2. The second-order valence-corrected chi connectivity index (χ2v) is 5.48. The number of carbonyl (C=O) groups excluding carboxylic acids is 1. The van der Waals surface area contributed by atoms with Crippen molar-refractivity contribution in [3.63, 3.8) is 0 Å². The summed E-state index contributed by atoms with van der Waals surface area (Å²) in [6.45, 7) is 1.95. The van der Waals surface area contributed by atoms with Gasteiger partial charge in [-0.3, -0.25) is 9.48 Å². The van der Waals surface area contributed by atoms with Crippen molar-refractivity contribution < 1.29 is 4.79 Å². The molecule has 0 unspecified atom stereocenters. The van der Waals surface area contributed by atoms with Crippen LogP contribution in [0.5, 0.6) is 0 Å². The van der Waals surface area contributed by atoms with Crippen molar-refractivity contribution in [3.8, 4) is 0 Å². The first kappa shape index (κ1) is 11.8. The van der Waals surface area contributed by atoms with Gasteiger partial charge in [0.05, 0.1) is 15.9 Å². The molecule has 1 aliphatic carbocycles. The zero-order valence-electron chi connectivity index (χ0n) is 9.79. The molecular weight excluding hydrogens is 268 g/mol. The number of ketones is 1. The fourth-order valence-electron chi connectivity index (χ4n) is 2.15. The van der Waals surface area contributed by atoms with Crippen LogP contribution in [0.3, 0.4) is 0 Å². The highest BCUT2D eigenvalue weighted by molar-refractivity contribution is 9.10. The van der Waals surface area contributed by atoms with Crippen LogP contribution < -0.4 is 0 Å². The van der Waals surface area contributed by atoms with Crippen molar-refractivity contribution in [2.45, 2.75) is 39.0 Å². The van der Waals surface area contributed by atoms with E-state index >= 15 is 0 Å². The highest BCUT2D eigenvalue weighted by Crippen LogP contribution is 2.30. The molecule has 0 bridgehead atoms. The molecule has 88 valence electrons. The molecule has 1 aromatic heterocycles. The minimum atomic E-state index is 0.341. The fourth-order valence-corrected chi connectivity index (χ4v) is 2.63. The Bertz CT molecular complexity index is 407. The van der Waals surface area contributed by atoms with Gasteiger partial charge in [-0.1, -0.05) is 19.3 Å². The van der Waals surface area contributed by atoms with Gasteiger partial charge in [-0.2, -0.15) is 5.10 Å². The van der Waals surface area contributed by atoms with E-state index in [2.05, 4.69) is 21.0 Å². The third kappa shape index (κ3) is 2.37. The Morgan fingerprint density at radius 3 is 2.69 bits per heavy atom. The van der Waals surface area contributed by atoms with E-state index in [-0.39, 0.29) is 0 Å². The SMILES string of the molecule is Cc1nn(C)c(CC(=O)CC2CCC2)c1Br. The summed E-state index contributed by atoms with van der Waals surface area (Å²) in [4.78, 5) is 11.9. The zero-order chi connectivity index (χ0) is 11.7. The van der Waals surface area contributed by atoms with Crippen molar-refractivity contribution in [3.05, 3.63) is 15.9 Å². The maximum atomic E-state index is 11.9. The minimum absolute atomic E-state index is 0.341. The van der Waals surface area contributed by atoms with E-state index < -0.39 is 0 Å². The lowest BCUT2D eigenvalue weighted by molar-refractivity contribution is -0.120. The van der Waals surface area contributed by atoms with Crippen LogP contribution in [-0.4, -0.2) is 15.6 Å². The van der Waals surface area contributed by atoms with Gasteiger partial charge in [-0.15, -0.1) is 0 Å². The lowest BCUT2D eigenvalue weighted by Crippen LogP contribution is -2.18. The predicted molar refractivity (Wildman–Crippen MR) is 66.3 cm³/mol. The van der Waals surface area contributed by atoms with Crippen molar-refractivity contribution in [1.29, 1.82) is 0 Å². The Hall–Kier alpha value is -0.640. The number of halogens is 1. The molecule has 1 heterocycles. The highest BCUT2D eigenvalue weighted by Gasteiger charge is 2.22. The average Bonchev–Trinajstić information content (AvgIpc) is 2.39. The molecule has 0 N–H and O–H groups in total. The standard InChI is InChI=1S/C12H17BrN2O/c1-8-12(13)11(15(2)14-8)7-10(16)6-9-4-3-5-9/h9H,3-7H2,1-2H3. The molecule has 1 aromatic rings. The second-order valence-electron chi connectivity index (χ2n) is 4.69. The third-order valence-electron chi connectivity index (χ3n) is 3.37. The van der Waals surface area contributed by atoms with Gasteiger partial charge in [0.25, 0.3) is 0 Å². The maximum absolute atomic E-state index is 11.9. The van der Waals surface area contributed by atoms with E-state index in [0.29, 0.717) is 18.1 Å². The molecular formula is C12H17BrN2O. The molecule has 1 saturated carbocycles. The van der Waals surface area contributed by atoms with Crippen LogP contribution in [0, 0.1) is 12.8 Å². The van der Waals surface area contributed by atoms with E-state index in [1.54, 1.807) is 4.68 Å². The average molecular weight is 285 g/mol. The summed E-state index contributed by atoms with van der Waals surface area (Å²) in [5.74, 6) is 0.994. The van der Waals surface area contributed by atoms with E-state index in [0.717, 1.165) is 22.3 Å². The Balaban J connectivity index is 1.99. The Labute approximate surface area is 104 Å². The van der Waals surface area contributed by atoms with Gasteiger partial charge in [0.1, 0.15) is 5.78 Å². The number of Topliss-reactive ketones (excluding diaryl/α,β-unsaturated/α-hetero) is 1. The summed E-state index contributed by atoms with van der Waals surface area (Å²) in [5, 5.41) is 4.29. The van der Waals surface area contributed by atoms with E-state index in [4.69, 9.17) is 0 Å². The Morgan fingerprint density at radius 2 is 2.25 bits per heavy atom.